The van der Waals surface area contributed by atoms with Gasteiger partial charge in [-0.05, 0) is 58.0 Å². The summed E-state index contributed by atoms with van der Waals surface area (Å²) in [5.74, 6) is 0.842. The van der Waals surface area contributed by atoms with Crippen molar-refractivity contribution in [2.24, 2.45) is 0 Å². The largest absolute Gasteiger partial charge is 0.496 e. The predicted octanol–water partition coefficient (Wildman–Crippen LogP) is 5.25. The molecule has 0 fully saturated rings. The molecule has 1 aromatic heterocycles. The maximum Gasteiger partial charge on any atom is 0.340 e. The molecule has 1 aliphatic rings. The number of benzene rings is 2. The Labute approximate surface area is 213 Å². The Balaban J connectivity index is 2.02. The molecule has 0 saturated heterocycles. The zero-order chi connectivity index (χ0) is 25.9. The van der Waals surface area contributed by atoms with Crippen molar-refractivity contribution >= 4 is 17.3 Å². The van der Waals surface area contributed by atoms with Crippen LogP contribution in [0.5, 0.6) is 11.5 Å². The average Bonchev–Trinajstić information content (AvgIpc) is 3.22. The number of carbonyl (C=O) groups excluding carboxylic acids is 1. The van der Waals surface area contributed by atoms with Gasteiger partial charge in [0.25, 0.3) is 0 Å². The van der Waals surface area contributed by atoms with Gasteiger partial charge in [-0.25, -0.2) is 4.79 Å². The van der Waals surface area contributed by atoms with Crippen LogP contribution in [0.3, 0.4) is 0 Å². The number of aromatic nitrogens is 1. The van der Waals surface area contributed by atoms with Gasteiger partial charge in [-0.15, -0.1) is 0 Å². The van der Waals surface area contributed by atoms with Crippen molar-refractivity contribution in [1.82, 2.24) is 4.98 Å². The highest BCUT2D eigenvalue weighted by molar-refractivity contribution is 5.96. The number of pyridine rings is 1. The third-order valence-corrected chi connectivity index (χ3v) is 7.05. The van der Waals surface area contributed by atoms with Crippen molar-refractivity contribution in [3.05, 3.63) is 77.1 Å². The lowest BCUT2D eigenvalue weighted by molar-refractivity contribution is 0.0238. The number of ether oxygens (including phenoxy) is 3. The van der Waals surface area contributed by atoms with E-state index in [1.165, 1.54) is 0 Å². The standard InChI is InChI=1S/C29H35N3O4/c1-7-31(8-2)20-11-13-23(26(17-20)34-5)29(25-19-30-16-15-22(25)28(33)36-29)24-14-12-21(18-27(24)35-6)32(9-3)10-4/h11-19H,7-10H2,1-6H3. The van der Waals surface area contributed by atoms with Crippen LogP contribution in [0.25, 0.3) is 0 Å². The molecule has 0 amide bonds. The summed E-state index contributed by atoms with van der Waals surface area (Å²) in [5, 5.41) is 0. The molecule has 7 heteroatoms. The molecule has 7 nitrogen and oxygen atoms in total. The maximum absolute atomic E-state index is 13.2. The van der Waals surface area contributed by atoms with Crippen molar-refractivity contribution in [3.8, 4) is 11.5 Å². The summed E-state index contributed by atoms with van der Waals surface area (Å²) in [5.41, 5.74) is 3.38. The molecule has 0 saturated carbocycles. The zero-order valence-corrected chi connectivity index (χ0v) is 22.0. The van der Waals surface area contributed by atoms with Crippen LogP contribution in [0.2, 0.25) is 0 Å². The van der Waals surface area contributed by atoms with Gasteiger partial charge in [0.15, 0.2) is 5.60 Å². The SMILES string of the molecule is CCN(CC)c1ccc(C2(c3ccc(N(CC)CC)cc3OC)OC(=O)c3ccncc32)c(OC)c1. The van der Waals surface area contributed by atoms with Crippen LogP contribution in [-0.2, 0) is 10.3 Å². The number of esters is 1. The molecule has 0 unspecified atom stereocenters. The number of nitrogens with zero attached hydrogens (tertiary/aromatic N) is 3. The highest BCUT2D eigenvalue weighted by Gasteiger charge is 2.52. The van der Waals surface area contributed by atoms with Crippen LogP contribution in [0.4, 0.5) is 11.4 Å². The molecule has 190 valence electrons. The summed E-state index contributed by atoms with van der Waals surface area (Å²) in [6, 6.07) is 13.8. The molecule has 2 aromatic carbocycles. The number of methoxy groups -OCH3 is 2. The third kappa shape index (κ3) is 4.02. The van der Waals surface area contributed by atoms with E-state index in [2.05, 4.69) is 42.5 Å². The summed E-state index contributed by atoms with van der Waals surface area (Å²) in [7, 11) is 3.28. The second-order valence-electron chi connectivity index (χ2n) is 8.61. The van der Waals surface area contributed by atoms with Crippen molar-refractivity contribution in [2.45, 2.75) is 33.3 Å². The second-order valence-corrected chi connectivity index (χ2v) is 8.61. The fraction of sp³-hybridized carbons (Fsp3) is 0.379. The van der Waals surface area contributed by atoms with Gasteiger partial charge in [-0.3, -0.25) is 4.98 Å². The molecule has 0 radical (unpaired) electrons. The van der Waals surface area contributed by atoms with E-state index in [1.54, 1.807) is 32.7 Å². The Hall–Kier alpha value is -3.74. The first-order chi connectivity index (χ1) is 17.5. The van der Waals surface area contributed by atoms with Crippen molar-refractivity contribution < 1.29 is 19.0 Å². The maximum atomic E-state index is 13.2. The first-order valence-corrected chi connectivity index (χ1v) is 12.5. The Bertz CT molecular complexity index is 1170. The van der Waals surface area contributed by atoms with Crippen LogP contribution in [0.15, 0.2) is 54.9 Å². The number of carbonyl (C=O) groups is 1. The molecule has 4 rings (SSSR count). The molecule has 3 aromatic rings. The van der Waals surface area contributed by atoms with Gasteiger partial charge in [-0.1, -0.05) is 0 Å². The summed E-state index contributed by atoms with van der Waals surface area (Å²) in [6.45, 7) is 11.9. The molecule has 0 spiro atoms. The Morgan fingerprint density at radius 3 is 1.72 bits per heavy atom. The average molecular weight is 490 g/mol. The van der Waals surface area contributed by atoms with E-state index < -0.39 is 11.6 Å². The molecule has 0 bridgehead atoms. The summed E-state index contributed by atoms with van der Waals surface area (Å²) >= 11 is 0. The fourth-order valence-corrected chi connectivity index (χ4v) is 5.16. The number of rotatable bonds is 10. The van der Waals surface area contributed by atoms with Crippen molar-refractivity contribution in [2.75, 3.05) is 50.2 Å². The van der Waals surface area contributed by atoms with Gasteiger partial charge in [-0.2, -0.15) is 0 Å². The van der Waals surface area contributed by atoms with E-state index in [0.29, 0.717) is 22.6 Å². The van der Waals surface area contributed by atoms with E-state index in [9.17, 15) is 4.79 Å². The minimum absolute atomic E-state index is 0.405. The van der Waals surface area contributed by atoms with E-state index in [1.807, 2.05) is 36.4 Å². The van der Waals surface area contributed by atoms with E-state index in [0.717, 1.165) is 48.7 Å². The quantitative estimate of drug-likeness (QED) is 0.360. The first-order valence-electron chi connectivity index (χ1n) is 12.5. The number of hydrogen-bond donors (Lipinski definition) is 0. The van der Waals surface area contributed by atoms with Crippen molar-refractivity contribution in [3.63, 3.8) is 0 Å². The summed E-state index contributed by atoms with van der Waals surface area (Å²) in [4.78, 5) is 22.1. The highest BCUT2D eigenvalue weighted by Crippen LogP contribution is 2.52. The van der Waals surface area contributed by atoms with Gasteiger partial charge in [0.2, 0.25) is 0 Å². The molecule has 1 aliphatic heterocycles. The van der Waals surface area contributed by atoms with Gasteiger partial charge in [0, 0.05) is 78.8 Å². The Morgan fingerprint density at radius 2 is 1.28 bits per heavy atom. The van der Waals surface area contributed by atoms with Crippen LogP contribution < -0.4 is 19.3 Å². The second kappa shape index (κ2) is 10.5. The fourth-order valence-electron chi connectivity index (χ4n) is 5.16. The van der Waals surface area contributed by atoms with E-state index in [4.69, 9.17) is 14.2 Å². The lowest BCUT2D eigenvalue weighted by atomic mass is 9.79. The van der Waals surface area contributed by atoms with Crippen LogP contribution >= 0.6 is 0 Å². The number of fused-ring (bicyclic) bond motifs is 1. The van der Waals surface area contributed by atoms with Crippen LogP contribution in [0, 0.1) is 0 Å². The van der Waals surface area contributed by atoms with Crippen molar-refractivity contribution in [1.29, 1.82) is 0 Å². The van der Waals surface area contributed by atoms with E-state index >= 15 is 0 Å². The molecular formula is C29H35N3O4. The molecule has 36 heavy (non-hydrogen) atoms. The minimum atomic E-state index is -1.28. The van der Waals surface area contributed by atoms with Gasteiger partial charge in [0.05, 0.1) is 19.8 Å². The number of hydrogen-bond acceptors (Lipinski definition) is 7. The monoisotopic (exact) mass is 489 g/mol. The summed E-state index contributed by atoms with van der Waals surface area (Å²) in [6.07, 6.45) is 3.31. The molecular weight excluding hydrogens is 454 g/mol. The Kier molecular flexibility index (Phi) is 7.38. The molecule has 2 heterocycles. The van der Waals surface area contributed by atoms with Crippen LogP contribution in [-0.4, -0.2) is 51.4 Å². The minimum Gasteiger partial charge on any atom is -0.496 e. The number of cyclic esters (lactones) is 1. The zero-order valence-electron chi connectivity index (χ0n) is 22.0. The normalized spacial score (nSPS) is 13.7. The first kappa shape index (κ1) is 25.4. The van der Waals surface area contributed by atoms with Gasteiger partial charge in [0.1, 0.15) is 11.5 Å². The van der Waals surface area contributed by atoms with E-state index in [-0.39, 0.29) is 0 Å². The lowest BCUT2D eigenvalue weighted by Crippen LogP contribution is -2.31. The van der Waals surface area contributed by atoms with Gasteiger partial charge >= 0.3 is 5.97 Å². The third-order valence-electron chi connectivity index (χ3n) is 7.05. The predicted molar refractivity (Wildman–Crippen MR) is 143 cm³/mol. The smallest absolute Gasteiger partial charge is 0.340 e. The molecule has 0 aliphatic carbocycles. The molecule has 0 atom stereocenters. The van der Waals surface area contributed by atoms with Crippen LogP contribution in [0.1, 0.15) is 54.7 Å². The summed E-state index contributed by atoms with van der Waals surface area (Å²) < 4.78 is 18.2. The lowest BCUT2D eigenvalue weighted by Gasteiger charge is -2.33. The Morgan fingerprint density at radius 1 is 0.778 bits per heavy atom. The highest BCUT2D eigenvalue weighted by atomic mass is 16.6. The topological polar surface area (TPSA) is 64.1 Å². The molecule has 0 N–H and O–H groups in total. The van der Waals surface area contributed by atoms with Gasteiger partial charge < -0.3 is 24.0 Å². The number of anilines is 2.